The fourth-order valence-corrected chi connectivity index (χ4v) is 1.95. The lowest BCUT2D eigenvalue weighted by molar-refractivity contribution is -0.122. The van der Waals surface area contributed by atoms with Crippen LogP contribution in [0.5, 0.6) is 5.75 Å². The summed E-state index contributed by atoms with van der Waals surface area (Å²) in [5, 5.41) is 2.78. The van der Waals surface area contributed by atoms with Crippen molar-refractivity contribution in [3.05, 3.63) is 60.2 Å². The number of thiocarbonyl (C=S) groups is 1. The van der Waals surface area contributed by atoms with Crippen LogP contribution in [0.1, 0.15) is 12.5 Å². The number of rotatable bonds is 5. The molecule has 0 aliphatic carbocycles. The zero-order valence-corrected chi connectivity index (χ0v) is 12.4. The molecule has 21 heavy (non-hydrogen) atoms. The van der Waals surface area contributed by atoms with Crippen LogP contribution < -0.4 is 15.8 Å². The van der Waals surface area contributed by atoms with Gasteiger partial charge in [-0.3, -0.25) is 4.79 Å². The van der Waals surface area contributed by atoms with Crippen LogP contribution in [0.15, 0.2) is 54.6 Å². The molecule has 5 heteroatoms. The van der Waals surface area contributed by atoms with Gasteiger partial charge >= 0.3 is 0 Å². The fraction of sp³-hybridized carbons (Fsp3) is 0.125. The van der Waals surface area contributed by atoms with E-state index in [2.05, 4.69) is 5.32 Å². The van der Waals surface area contributed by atoms with Crippen molar-refractivity contribution < 1.29 is 9.53 Å². The first kappa shape index (κ1) is 15.0. The summed E-state index contributed by atoms with van der Waals surface area (Å²) in [4.78, 5) is 12.3. The number of hydrogen-bond acceptors (Lipinski definition) is 3. The standard InChI is InChI=1S/C16H16N2O2S/c1-11(16(19)18-12-7-3-2-4-8-12)20-14-10-6-5-9-13(14)15(17)21/h2-11H,1H3,(H2,17,21)(H,18,19). The average molecular weight is 300 g/mol. The highest BCUT2D eigenvalue weighted by Crippen LogP contribution is 2.19. The van der Waals surface area contributed by atoms with E-state index in [1.807, 2.05) is 36.4 Å². The molecule has 1 amide bonds. The van der Waals surface area contributed by atoms with Crippen molar-refractivity contribution >= 4 is 28.8 Å². The average Bonchev–Trinajstić information content (AvgIpc) is 2.48. The van der Waals surface area contributed by atoms with Gasteiger partial charge in [0.2, 0.25) is 0 Å². The molecule has 0 spiro atoms. The van der Waals surface area contributed by atoms with E-state index in [1.54, 1.807) is 25.1 Å². The number of carbonyl (C=O) groups excluding carboxylic acids is 1. The number of para-hydroxylation sites is 2. The highest BCUT2D eigenvalue weighted by atomic mass is 32.1. The molecule has 0 saturated heterocycles. The van der Waals surface area contributed by atoms with Gasteiger partial charge in [-0.25, -0.2) is 0 Å². The van der Waals surface area contributed by atoms with Crippen LogP contribution in [0.25, 0.3) is 0 Å². The molecule has 108 valence electrons. The minimum absolute atomic E-state index is 0.237. The number of nitrogens with one attached hydrogen (secondary N) is 1. The Labute approximate surface area is 128 Å². The summed E-state index contributed by atoms with van der Waals surface area (Å²) in [5.74, 6) is 0.264. The van der Waals surface area contributed by atoms with Gasteiger partial charge in [-0.05, 0) is 31.2 Å². The zero-order chi connectivity index (χ0) is 15.2. The van der Waals surface area contributed by atoms with E-state index < -0.39 is 6.10 Å². The number of ether oxygens (including phenoxy) is 1. The van der Waals surface area contributed by atoms with Gasteiger partial charge in [0.05, 0.1) is 5.56 Å². The molecule has 0 radical (unpaired) electrons. The molecule has 1 unspecified atom stereocenters. The Morgan fingerprint density at radius 2 is 1.76 bits per heavy atom. The summed E-state index contributed by atoms with van der Waals surface area (Å²) >= 11 is 4.97. The third-order valence-corrected chi connectivity index (χ3v) is 3.09. The first-order valence-corrected chi connectivity index (χ1v) is 6.90. The molecule has 2 aromatic rings. The Morgan fingerprint density at radius 3 is 2.43 bits per heavy atom. The van der Waals surface area contributed by atoms with Gasteiger partial charge in [0, 0.05) is 5.69 Å². The number of benzene rings is 2. The molecule has 1 atom stereocenters. The topological polar surface area (TPSA) is 64.3 Å². The maximum absolute atomic E-state index is 12.1. The summed E-state index contributed by atoms with van der Waals surface area (Å²) < 4.78 is 5.66. The second kappa shape index (κ2) is 6.85. The van der Waals surface area contributed by atoms with Crippen molar-refractivity contribution in [2.45, 2.75) is 13.0 Å². The van der Waals surface area contributed by atoms with Crippen LogP contribution in [0.2, 0.25) is 0 Å². The molecular weight excluding hydrogens is 284 g/mol. The fourth-order valence-electron chi connectivity index (χ4n) is 1.78. The van der Waals surface area contributed by atoms with Crippen LogP contribution >= 0.6 is 12.2 Å². The Balaban J connectivity index is 2.06. The third kappa shape index (κ3) is 4.03. The van der Waals surface area contributed by atoms with Gasteiger partial charge in [0.15, 0.2) is 6.10 Å². The molecule has 0 aliphatic rings. The molecule has 2 aromatic carbocycles. The number of hydrogen-bond donors (Lipinski definition) is 2. The van der Waals surface area contributed by atoms with Gasteiger partial charge in [-0.15, -0.1) is 0 Å². The Hall–Kier alpha value is -2.40. The van der Waals surface area contributed by atoms with Crippen molar-refractivity contribution in [3.63, 3.8) is 0 Å². The van der Waals surface area contributed by atoms with Gasteiger partial charge in [-0.2, -0.15) is 0 Å². The summed E-state index contributed by atoms with van der Waals surface area (Å²) in [7, 11) is 0. The van der Waals surface area contributed by atoms with Crippen molar-refractivity contribution in [2.75, 3.05) is 5.32 Å². The Bertz CT molecular complexity index is 644. The number of nitrogens with two attached hydrogens (primary N) is 1. The van der Waals surface area contributed by atoms with E-state index >= 15 is 0 Å². The molecule has 3 N–H and O–H groups in total. The molecule has 0 bridgehead atoms. The number of amides is 1. The molecular formula is C16H16N2O2S. The van der Waals surface area contributed by atoms with Crippen molar-refractivity contribution in [2.24, 2.45) is 5.73 Å². The molecule has 0 saturated carbocycles. The molecule has 0 aliphatic heterocycles. The van der Waals surface area contributed by atoms with E-state index in [0.717, 1.165) is 5.69 Å². The van der Waals surface area contributed by atoms with Crippen LogP contribution in [0.3, 0.4) is 0 Å². The molecule has 4 nitrogen and oxygen atoms in total. The maximum Gasteiger partial charge on any atom is 0.265 e. The predicted molar refractivity (Wildman–Crippen MR) is 87.5 cm³/mol. The van der Waals surface area contributed by atoms with E-state index in [0.29, 0.717) is 11.3 Å². The largest absolute Gasteiger partial charge is 0.480 e. The van der Waals surface area contributed by atoms with Crippen LogP contribution in [-0.2, 0) is 4.79 Å². The van der Waals surface area contributed by atoms with Crippen molar-refractivity contribution in [3.8, 4) is 5.75 Å². The molecule has 0 heterocycles. The van der Waals surface area contributed by atoms with E-state index in [9.17, 15) is 4.79 Å². The van der Waals surface area contributed by atoms with Crippen LogP contribution in [0.4, 0.5) is 5.69 Å². The van der Waals surface area contributed by atoms with Gasteiger partial charge in [0.1, 0.15) is 10.7 Å². The lowest BCUT2D eigenvalue weighted by Crippen LogP contribution is -2.30. The molecule has 0 aromatic heterocycles. The van der Waals surface area contributed by atoms with Crippen molar-refractivity contribution in [1.29, 1.82) is 0 Å². The second-order valence-corrected chi connectivity index (χ2v) is 4.92. The van der Waals surface area contributed by atoms with Crippen LogP contribution in [0, 0.1) is 0 Å². The summed E-state index contributed by atoms with van der Waals surface area (Å²) in [5.41, 5.74) is 6.98. The Kier molecular flexibility index (Phi) is 4.90. The minimum Gasteiger partial charge on any atom is -0.480 e. The second-order valence-electron chi connectivity index (χ2n) is 4.48. The number of anilines is 1. The predicted octanol–water partition coefficient (Wildman–Crippen LogP) is 2.73. The lowest BCUT2D eigenvalue weighted by atomic mass is 10.2. The van der Waals surface area contributed by atoms with Gasteiger partial charge in [-0.1, -0.05) is 42.5 Å². The van der Waals surface area contributed by atoms with E-state index in [-0.39, 0.29) is 10.9 Å². The van der Waals surface area contributed by atoms with Gasteiger partial charge < -0.3 is 15.8 Å². The van der Waals surface area contributed by atoms with Crippen LogP contribution in [-0.4, -0.2) is 17.0 Å². The van der Waals surface area contributed by atoms with Crippen molar-refractivity contribution in [1.82, 2.24) is 0 Å². The van der Waals surface area contributed by atoms with Gasteiger partial charge in [0.25, 0.3) is 5.91 Å². The first-order chi connectivity index (χ1) is 10.1. The van der Waals surface area contributed by atoms with E-state index in [1.165, 1.54) is 0 Å². The highest BCUT2D eigenvalue weighted by molar-refractivity contribution is 7.80. The normalized spacial score (nSPS) is 11.5. The SMILES string of the molecule is CC(Oc1ccccc1C(N)=S)C(=O)Nc1ccccc1. The first-order valence-electron chi connectivity index (χ1n) is 6.49. The monoisotopic (exact) mass is 300 g/mol. The quantitative estimate of drug-likeness (QED) is 0.833. The lowest BCUT2D eigenvalue weighted by Gasteiger charge is -2.16. The summed E-state index contributed by atoms with van der Waals surface area (Å²) in [6.45, 7) is 1.68. The Morgan fingerprint density at radius 1 is 1.14 bits per heavy atom. The molecule has 2 rings (SSSR count). The third-order valence-electron chi connectivity index (χ3n) is 2.87. The smallest absolute Gasteiger partial charge is 0.265 e. The maximum atomic E-state index is 12.1. The summed E-state index contributed by atoms with van der Waals surface area (Å²) in [6.07, 6.45) is -0.666. The zero-order valence-electron chi connectivity index (χ0n) is 11.6. The molecule has 0 fully saturated rings. The minimum atomic E-state index is -0.666. The highest BCUT2D eigenvalue weighted by Gasteiger charge is 2.17. The summed E-state index contributed by atoms with van der Waals surface area (Å²) in [6, 6.07) is 16.3. The number of carbonyl (C=O) groups is 1. The van der Waals surface area contributed by atoms with E-state index in [4.69, 9.17) is 22.7 Å².